The van der Waals surface area contributed by atoms with Crippen LogP contribution in [0.5, 0.6) is 0 Å². The Hall–Kier alpha value is -1.68. The lowest BCUT2D eigenvalue weighted by molar-refractivity contribution is 0.198. The summed E-state index contributed by atoms with van der Waals surface area (Å²) in [7, 11) is 1.97. The van der Waals surface area contributed by atoms with E-state index in [9.17, 15) is 0 Å². The molecule has 1 atom stereocenters. The van der Waals surface area contributed by atoms with Gasteiger partial charge >= 0.3 is 0 Å². The molecule has 1 aliphatic heterocycles. The molecule has 1 aliphatic rings. The second-order valence-corrected chi connectivity index (χ2v) is 5.86. The van der Waals surface area contributed by atoms with Crippen LogP contribution in [-0.2, 0) is 13.6 Å². The molecule has 4 heteroatoms. The molecule has 0 unspecified atom stereocenters. The topological polar surface area (TPSA) is 34.0 Å². The van der Waals surface area contributed by atoms with Crippen LogP contribution < -0.4 is 0 Å². The van der Waals surface area contributed by atoms with E-state index in [1.54, 1.807) is 0 Å². The maximum Gasteiger partial charge on any atom is 0.0534 e. The third-order valence-electron chi connectivity index (χ3n) is 4.02. The van der Waals surface area contributed by atoms with E-state index in [4.69, 9.17) is 0 Å². The van der Waals surface area contributed by atoms with Crippen molar-refractivity contribution >= 4 is 0 Å². The summed E-state index contributed by atoms with van der Waals surface area (Å²) in [5.74, 6) is 0.570. The number of aromatic nitrogens is 3. The Morgan fingerprint density at radius 3 is 2.90 bits per heavy atom. The van der Waals surface area contributed by atoms with Crippen molar-refractivity contribution < 1.29 is 0 Å². The van der Waals surface area contributed by atoms with Gasteiger partial charge in [0.05, 0.1) is 6.20 Å². The average molecular weight is 270 g/mol. The summed E-state index contributed by atoms with van der Waals surface area (Å²) in [5.41, 5.74) is 3.77. The highest BCUT2D eigenvalue weighted by Gasteiger charge is 2.22. The number of hydrogen-bond acceptors (Lipinski definition) is 3. The Kier molecular flexibility index (Phi) is 3.83. The molecule has 0 spiro atoms. The van der Waals surface area contributed by atoms with Crippen LogP contribution in [-0.4, -0.2) is 32.8 Å². The molecule has 0 bridgehead atoms. The van der Waals surface area contributed by atoms with Crippen molar-refractivity contribution in [2.45, 2.75) is 32.2 Å². The molecule has 0 radical (unpaired) electrons. The minimum Gasteiger partial charge on any atom is -0.298 e. The van der Waals surface area contributed by atoms with Gasteiger partial charge in [0, 0.05) is 49.7 Å². The molecule has 1 fully saturated rings. The predicted molar refractivity (Wildman–Crippen MR) is 79.4 cm³/mol. The van der Waals surface area contributed by atoms with Crippen LogP contribution in [0.15, 0.2) is 30.7 Å². The van der Waals surface area contributed by atoms with E-state index < -0.39 is 0 Å². The molecule has 2 aromatic rings. The monoisotopic (exact) mass is 270 g/mol. The van der Waals surface area contributed by atoms with E-state index in [1.807, 2.05) is 24.1 Å². The Bertz CT molecular complexity index is 558. The van der Waals surface area contributed by atoms with Gasteiger partial charge in [-0.1, -0.05) is 6.07 Å². The van der Waals surface area contributed by atoms with Crippen LogP contribution in [0, 0.1) is 6.92 Å². The normalized spacial score (nSPS) is 20.2. The van der Waals surface area contributed by atoms with Crippen LogP contribution in [0.3, 0.4) is 0 Å². The van der Waals surface area contributed by atoms with E-state index in [1.165, 1.54) is 36.2 Å². The molecule has 0 aliphatic carbocycles. The Balaban J connectivity index is 1.65. The van der Waals surface area contributed by atoms with E-state index in [-0.39, 0.29) is 0 Å². The maximum absolute atomic E-state index is 4.60. The van der Waals surface area contributed by atoms with Crippen molar-refractivity contribution in [2.75, 3.05) is 13.1 Å². The van der Waals surface area contributed by atoms with Crippen LogP contribution in [0.4, 0.5) is 0 Å². The zero-order chi connectivity index (χ0) is 13.9. The predicted octanol–water partition coefficient (Wildman–Crippen LogP) is 2.50. The van der Waals surface area contributed by atoms with E-state index in [0.29, 0.717) is 5.92 Å². The molecule has 0 saturated carbocycles. The molecule has 3 heterocycles. The van der Waals surface area contributed by atoms with E-state index in [0.717, 1.165) is 13.1 Å². The van der Waals surface area contributed by atoms with Crippen molar-refractivity contribution in [3.05, 3.63) is 47.5 Å². The molecule has 0 N–H and O–H groups in total. The van der Waals surface area contributed by atoms with Gasteiger partial charge in [-0.15, -0.1) is 0 Å². The summed E-state index contributed by atoms with van der Waals surface area (Å²) in [5, 5.41) is 4.25. The van der Waals surface area contributed by atoms with Gasteiger partial charge in [-0.05, 0) is 37.9 Å². The molecular formula is C16H22N4. The fraction of sp³-hybridized carbons (Fsp3) is 0.500. The molecule has 4 nitrogen and oxygen atoms in total. The van der Waals surface area contributed by atoms with Gasteiger partial charge in [-0.25, -0.2) is 0 Å². The molecule has 1 saturated heterocycles. The molecular weight excluding hydrogens is 248 g/mol. The summed E-state index contributed by atoms with van der Waals surface area (Å²) >= 11 is 0. The molecule has 20 heavy (non-hydrogen) atoms. The van der Waals surface area contributed by atoms with Crippen molar-refractivity contribution in [3.8, 4) is 0 Å². The Morgan fingerprint density at radius 2 is 2.20 bits per heavy atom. The summed E-state index contributed by atoms with van der Waals surface area (Å²) in [6.07, 6.45) is 8.55. The van der Waals surface area contributed by atoms with Crippen molar-refractivity contribution in [1.29, 1.82) is 0 Å². The van der Waals surface area contributed by atoms with Crippen LogP contribution >= 0.6 is 0 Å². The SMILES string of the molecule is Cc1ccc([C@H]2CCCN(Cc3cnn(C)c3)C2)nc1. The Labute approximate surface area is 120 Å². The zero-order valence-corrected chi connectivity index (χ0v) is 12.3. The van der Waals surface area contributed by atoms with Gasteiger partial charge in [-0.2, -0.15) is 5.10 Å². The maximum atomic E-state index is 4.60. The summed E-state index contributed by atoms with van der Waals surface area (Å²) in [6.45, 7) is 5.37. The smallest absolute Gasteiger partial charge is 0.0534 e. The first-order valence-electron chi connectivity index (χ1n) is 7.33. The molecule has 0 aromatic carbocycles. The number of piperidine rings is 1. The number of aryl methyl sites for hydroxylation is 2. The number of pyridine rings is 1. The minimum atomic E-state index is 0.570. The average Bonchev–Trinajstić information content (AvgIpc) is 2.85. The number of hydrogen-bond donors (Lipinski definition) is 0. The second-order valence-electron chi connectivity index (χ2n) is 5.86. The summed E-state index contributed by atoms with van der Waals surface area (Å²) in [4.78, 5) is 7.12. The first-order valence-corrected chi connectivity index (χ1v) is 7.33. The lowest BCUT2D eigenvalue weighted by Gasteiger charge is -2.32. The summed E-state index contributed by atoms with van der Waals surface area (Å²) < 4.78 is 1.87. The first kappa shape index (κ1) is 13.3. The van der Waals surface area contributed by atoms with E-state index in [2.05, 4.69) is 40.2 Å². The highest BCUT2D eigenvalue weighted by molar-refractivity contribution is 5.16. The van der Waals surface area contributed by atoms with Crippen molar-refractivity contribution in [1.82, 2.24) is 19.7 Å². The fourth-order valence-electron chi connectivity index (χ4n) is 2.97. The quantitative estimate of drug-likeness (QED) is 0.859. The third-order valence-corrected chi connectivity index (χ3v) is 4.02. The van der Waals surface area contributed by atoms with Gasteiger partial charge in [0.15, 0.2) is 0 Å². The second kappa shape index (κ2) is 5.75. The van der Waals surface area contributed by atoms with Crippen LogP contribution in [0.2, 0.25) is 0 Å². The zero-order valence-electron chi connectivity index (χ0n) is 12.3. The number of nitrogens with zero attached hydrogens (tertiary/aromatic N) is 4. The lowest BCUT2D eigenvalue weighted by Crippen LogP contribution is -2.34. The van der Waals surface area contributed by atoms with Gasteiger partial charge in [0.2, 0.25) is 0 Å². The largest absolute Gasteiger partial charge is 0.298 e. The standard InChI is InChI=1S/C16H22N4/c1-13-5-6-16(17-8-13)15-4-3-7-20(12-15)11-14-9-18-19(2)10-14/h5-6,8-10,15H,3-4,7,11-12H2,1-2H3/t15-/m0/s1. The molecule has 0 amide bonds. The molecule has 106 valence electrons. The van der Waals surface area contributed by atoms with Gasteiger partial charge in [-0.3, -0.25) is 14.6 Å². The third kappa shape index (κ3) is 3.07. The number of rotatable bonds is 3. The summed E-state index contributed by atoms with van der Waals surface area (Å²) in [6, 6.07) is 4.36. The van der Waals surface area contributed by atoms with Crippen molar-refractivity contribution in [2.24, 2.45) is 7.05 Å². The highest BCUT2D eigenvalue weighted by Crippen LogP contribution is 2.26. The molecule has 3 rings (SSSR count). The van der Waals surface area contributed by atoms with Crippen LogP contribution in [0.1, 0.15) is 35.6 Å². The highest BCUT2D eigenvalue weighted by atomic mass is 15.2. The van der Waals surface area contributed by atoms with Crippen LogP contribution in [0.25, 0.3) is 0 Å². The fourth-order valence-corrected chi connectivity index (χ4v) is 2.97. The van der Waals surface area contributed by atoms with Gasteiger partial charge in [0.1, 0.15) is 0 Å². The van der Waals surface area contributed by atoms with Gasteiger partial charge < -0.3 is 0 Å². The Morgan fingerprint density at radius 1 is 1.30 bits per heavy atom. The van der Waals surface area contributed by atoms with Crippen molar-refractivity contribution in [3.63, 3.8) is 0 Å². The van der Waals surface area contributed by atoms with Gasteiger partial charge in [0.25, 0.3) is 0 Å². The number of likely N-dealkylation sites (tertiary alicyclic amines) is 1. The lowest BCUT2D eigenvalue weighted by atomic mass is 9.94. The minimum absolute atomic E-state index is 0.570. The van der Waals surface area contributed by atoms with E-state index >= 15 is 0 Å². The molecule has 2 aromatic heterocycles. The first-order chi connectivity index (χ1) is 9.70.